The Morgan fingerprint density at radius 3 is 2.65 bits per heavy atom. The van der Waals surface area contributed by atoms with Gasteiger partial charge in [0.25, 0.3) is 0 Å². The number of hydrogen-bond donors (Lipinski definition) is 1. The fourth-order valence-electron chi connectivity index (χ4n) is 2.62. The molecule has 0 bridgehead atoms. The lowest BCUT2D eigenvalue weighted by atomic mass is 9.96. The van der Waals surface area contributed by atoms with Crippen LogP contribution >= 0.6 is 0 Å². The first-order chi connectivity index (χ1) is 10.7. The van der Waals surface area contributed by atoms with E-state index in [1.54, 1.807) is 6.92 Å². The van der Waals surface area contributed by atoms with E-state index >= 15 is 0 Å². The zero-order chi connectivity index (χ0) is 17.4. The quantitative estimate of drug-likeness (QED) is 0.653. The van der Waals surface area contributed by atoms with Crippen molar-refractivity contribution in [1.29, 1.82) is 0 Å². The molecule has 1 aromatic carbocycles. The molecule has 126 valence electrons. The monoisotopic (exact) mass is 346 g/mol. The van der Waals surface area contributed by atoms with Crippen LogP contribution in [0.15, 0.2) is 23.1 Å². The third kappa shape index (κ3) is 3.17. The van der Waals surface area contributed by atoms with Gasteiger partial charge in [0.2, 0.25) is 15.8 Å². The summed E-state index contributed by atoms with van der Waals surface area (Å²) in [5, 5.41) is 20.1. The Bertz CT molecular complexity index is 751. The minimum Gasteiger partial charge on any atom is -0.481 e. The SMILES string of the molecule is CC1CCC(C(=O)O)CN1S(=O)(=O)c1cccc(F)c1[N+](=O)[O-]. The lowest BCUT2D eigenvalue weighted by molar-refractivity contribution is -0.390. The molecule has 2 rings (SSSR count). The number of piperidine rings is 1. The highest BCUT2D eigenvalue weighted by molar-refractivity contribution is 7.89. The number of hydrogen-bond acceptors (Lipinski definition) is 5. The maximum absolute atomic E-state index is 13.7. The standard InChI is InChI=1S/C13H15FN2O6S/c1-8-5-6-9(13(17)18)7-15(8)23(21,22)11-4-2-3-10(14)12(11)16(19)20/h2-4,8-9H,5-7H2,1H3,(H,17,18). The molecular formula is C13H15FN2O6S. The van der Waals surface area contributed by atoms with Crippen LogP contribution in [0.4, 0.5) is 10.1 Å². The van der Waals surface area contributed by atoms with Gasteiger partial charge < -0.3 is 5.11 Å². The molecule has 0 spiro atoms. The number of para-hydroxylation sites is 1. The molecule has 0 saturated carbocycles. The van der Waals surface area contributed by atoms with Gasteiger partial charge in [-0.15, -0.1) is 0 Å². The lowest BCUT2D eigenvalue weighted by Gasteiger charge is -2.35. The summed E-state index contributed by atoms with van der Waals surface area (Å²) >= 11 is 0. The molecule has 1 saturated heterocycles. The molecule has 2 unspecified atom stereocenters. The molecule has 1 heterocycles. The van der Waals surface area contributed by atoms with Gasteiger partial charge in [0.1, 0.15) is 0 Å². The van der Waals surface area contributed by atoms with Crippen molar-refractivity contribution in [3.05, 3.63) is 34.1 Å². The van der Waals surface area contributed by atoms with E-state index in [0.717, 1.165) is 22.5 Å². The van der Waals surface area contributed by atoms with E-state index in [1.807, 2.05) is 0 Å². The Hall–Kier alpha value is -2.07. The van der Waals surface area contributed by atoms with Crippen molar-refractivity contribution in [2.45, 2.75) is 30.7 Å². The normalized spacial score (nSPS) is 22.7. The first-order valence-corrected chi connectivity index (χ1v) is 8.27. The van der Waals surface area contributed by atoms with Gasteiger partial charge in [-0.1, -0.05) is 6.07 Å². The topological polar surface area (TPSA) is 118 Å². The molecule has 23 heavy (non-hydrogen) atoms. The molecular weight excluding hydrogens is 331 g/mol. The van der Waals surface area contributed by atoms with Gasteiger partial charge in [-0.2, -0.15) is 8.70 Å². The number of aliphatic carboxylic acids is 1. The molecule has 0 radical (unpaired) electrons. The second-order valence-electron chi connectivity index (χ2n) is 5.38. The number of nitro groups is 1. The highest BCUT2D eigenvalue weighted by atomic mass is 32.2. The van der Waals surface area contributed by atoms with E-state index in [-0.39, 0.29) is 6.54 Å². The maximum Gasteiger partial charge on any atom is 0.324 e. The summed E-state index contributed by atoms with van der Waals surface area (Å²) in [4.78, 5) is 20.3. The Labute approximate surface area is 131 Å². The number of carboxylic acid groups (broad SMARTS) is 1. The predicted molar refractivity (Wildman–Crippen MR) is 76.8 cm³/mol. The van der Waals surface area contributed by atoms with Crippen LogP contribution in [0.1, 0.15) is 19.8 Å². The summed E-state index contributed by atoms with van der Waals surface area (Å²) in [5.41, 5.74) is -1.13. The van der Waals surface area contributed by atoms with Crippen LogP contribution in [-0.2, 0) is 14.8 Å². The van der Waals surface area contributed by atoms with Gasteiger partial charge in [-0.25, -0.2) is 8.42 Å². The summed E-state index contributed by atoms with van der Waals surface area (Å²) < 4.78 is 40.0. The minimum atomic E-state index is -4.39. The van der Waals surface area contributed by atoms with E-state index in [9.17, 15) is 27.7 Å². The zero-order valence-corrected chi connectivity index (χ0v) is 13.0. The van der Waals surface area contributed by atoms with Crippen LogP contribution < -0.4 is 0 Å². The van der Waals surface area contributed by atoms with Gasteiger partial charge in [-0.3, -0.25) is 14.9 Å². The van der Waals surface area contributed by atoms with E-state index < -0.39 is 49.3 Å². The van der Waals surface area contributed by atoms with E-state index in [2.05, 4.69) is 0 Å². The van der Waals surface area contributed by atoms with Crippen LogP contribution in [0.2, 0.25) is 0 Å². The number of carbonyl (C=O) groups is 1. The fraction of sp³-hybridized carbons (Fsp3) is 0.462. The van der Waals surface area contributed by atoms with Crippen molar-refractivity contribution < 1.29 is 27.6 Å². The third-order valence-corrected chi connectivity index (χ3v) is 5.90. The molecule has 1 N–H and O–H groups in total. The van der Waals surface area contributed by atoms with Crippen molar-refractivity contribution in [3.8, 4) is 0 Å². The zero-order valence-electron chi connectivity index (χ0n) is 12.2. The van der Waals surface area contributed by atoms with Crippen molar-refractivity contribution in [1.82, 2.24) is 4.31 Å². The Kier molecular flexibility index (Phi) is 4.66. The Morgan fingerprint density at radius 1 is 1.43 bits per heavy atom. The Balaban J connectivity index is 2.52. The van der Waals surface area contributed by atoms with Crippen LogP contribution in [0.25, 0.3) is 0 Å². The van der Waals surface area contributed by atoms with Crippen LogP contribution in [-0.4, -0.2) is 41.3 Å². The maximum atomic E-state index is 13.7. The van der Waals surface area contributed by atoms with Crippen molar-refractivity contribution >= 4 is 21.7 Å². The second kappa shape index (κ2) is 6.20. The number of rotatable bonds is 4. The van der Waals surface area contributed by atoms with E-state index in [4.69, 9.17) is 5.11 Å². The first kappa shape index (κ1) is 17.3. The highest BCUT2D eigenvalue weighted by Crippen LogP contribution is 2.33. The number of benzene rings is 1. The number of halogens is 1. The van der Waals surface area contributed by atoms with Gasteiger partial charge in [0.05, 0.1) is 10.8 Å². The molecule has 10 heteroatoms. The molecule has 0 aromatic heterocycles. The molecule has 1 fully saturated rings. The molecule has 0 aliphatic carbocycles. The van der Waals surface area contributed by atoms with Gasteiger partial charge >= 0.3 is 11.7 Å². The molecule has 0 amide bonds. The largest absolute Gasteiger partial charge is 0.481 e. The smallest absolute Gasteiger partial charge is 0.324 e. The first-order valence-electron chi connectivity index (χ1n) is 6.83. The summed E-state index contributed by atoms with van der Waals surface area (Å²) in [6, 6.07) is 2.29. The average molecular weight is 346 g/mol. The molecule has 2 atom stereocenters. The van der Waals surface area contributed by atoms with Crippen LogP contribution in [0.3, 0.4) is 0 Å². The number of sulfonamides is 1. The van der Waals surface area contributed by atoms with Crippen LogP contribution in [0.5, 0.6) is 0 Å². The minimum absolute atomic E-state index is 0.299. The Morgan fingerprint density at radius 2 is 2.09 bits per heavy atom. The molecule has 1 aliphatic heterocycles. The third-order valence-electron chi connectivity index (χ3n) is 3.89. The second-order valence-corrected chi connectivity index (χ2v) is 7.24. The number of nitro benzene ring substituents is 1. The highest BCUT2D eigenvalue weighted by Gasteiger charge is 2.41. The van der Waals surface area contributed by atoms with Crippen LogP contribution in [0, 0.1) is 21.8 Å². The number of nitrogens with zero attached hydrogens (tertiary/aromatic N) is 2. The summed E-state index contributed by atoms with van der Waals surface area (Å²) in [6.07, 6.45) is 0.618. The van der Waals surface area contributed by atoms with Gasteiger partial charge in [0, 0.05) is 12.6 Å². The van der Waals surface area contributed by atoms with Gasteiger partial charge in [0.15, 0.2) is 4.90 Å². The molecule has 1 aliphatic rings. The summed E-state index contributed by atoms with van der Waals surface area (Å²) in [7, 11) is -4.39. The van der Waals surface area contributed by atoms with Crippen molar-refractivity contribution in [2.75, 3.05) is 6.54 Å². The summed E-state index contributed by atoms with van der Waals surface area (Å²) in [5.74, 6) is -3.28. The fourth-order valence-corrected chi connectivity index (χ4v) is 4.49. The van der Waals surface area contributed by atoms with E-state index in [1.165, 1.54) is 0 Å². The molecule has 8 nitrogen and oxygen atoms in total. The number of carboxylic acids is 1. The lowest BCUT2D eigenvalue weighted by Crippen LogP contribution is -2.47. The molecule has 1 aromatic rings. The van der Waals surface area contributed by atoms with E-state index in [0.29, 0.717) is 12.8 Å². The predicted octanol–water partition coefficient (Wildman–Crippen LogP) is 1.61. The summed E-state index contributed by atoms with van der Waals surface area (Å²) in [6.45, 7) is 1.28. The van der Waals surface area contributed by atoms with Crippen molar-refractivity contribution in [2.24, 2.45) is 5.92 Å². The average Bonchev–Trinajstić information content (AvgIpc) is 2.46. The van der Waals surface area contributed by atoms with Crippen molar-refractivity contribution in [3.63, 3.8) is 0 Å². The van der Waals surface area contributed by atoms with Gasteiger partial charge in [-0.05, 0) is 31.9 Å².